The third-order valence-corrected chi connectivity index (χ3v) is 12.8. The topological polar surface area (TPSA) is 223 Å². The molecule has 5 N–H and O–H groups in total. The number of primary amides is 1. The number of nitrogens with two attached hydrogens (primary N) is 1. The van der Waals surface area contributed by atoms with Gasteiger partial charge in [0.05, 0.1) is 63.8 Å². The second-order valence-electron chi connectivity index (χ2n) is 17.2. The number of amides is 5. The van der Waals surface area contributed by atoms with E-state index in [2.05, 4.69) is 25.9 Å². The van der Waals surface area contributed by atoms with Crippen LogP contribution in [0.2, 0.25) is 0 Å². The van der Waals surface area contributed by atoms with E-state index in [4.69, 9.17) is 29.4 Å². The van der Waals surface area contributed by atoms with Gasteiger partial charge in [0.25, 0.3) is 11.8 Å². The van der Waals surface area contributed by atoms with Crippen molar-refractivity contribution in [1.82, 2.24) is 25.5 Å². The fourth-order valence-electron chi connectivity index (χ4n) is 8.83. The van der Waals surface area contributed by atoms with Crippen molar-refractivity contribution in [2.45, 2.75) is 101 Å². The number of hydrogen-bond acceptors (Lipinski definition) is 12. The van der Waals surface area contributed by atoms with Crippen LogP contribution in [-0.2, 0) is 49.4 Å². The highest BCUT2D eigenvalue weighted by molar-refractivity contribution is 5.97. The summed E-state index contributed by atoms with van der Waals surface area (Å²) in [5.74, 6) is -4.77. The van der Waals surface area contributed by atoms with Gasteiger partial charge in [0.15, 0.2) is 5.60 Å². The first kappa shape index (κ1) is 50.9. The highest BCUT2D eigenvalue weighted by Crippen LogP contribution is 2.53. The Morgan fingerprint density at radius 1 is 0.881 bits per heavy atom. The van der Waals surface area contributed by atoms with E-state index in [1.165, 1.54) is 25.3 Å². The van der Waals surface area contributed by atoms with Crippen molar-refractivity contribution in [3.8, 4) is 0 Å². The first-order chi connectivity index (χ1) is 32.1. The summed E-state index contributed by atoms with van der Waals surface area (Å²) in [6.07, 6.45) is 2.18. The van der Waals surface area contributed by atoms with Crippen molar-refractivity contribution < 1.29 is 60.8 Å². The summed E-state index contributed by atoms with van der Waals surface area (Å²) in [7, 11) is 1.71. The normalized spacial score (nSPS) is 25.2. The molecule has 1 aliphatic carbocycles. The minimum absolute atomic E-state index is 0.0703. The quantitative estimate of drug-likeness (QED) is 0.103. The highest BCUT2D eigenvalue weighted by Gasteiger charge is 2.65. The molecule has 0 spiro atoms. The SMILES string of the molecule is C[C@H]1[C@@H](c2ccc(CNC(=O)CCOCCOCCOC3CCC(OCCNC(=O)[C@H]4CC(=O)N(C)[C@@H]4c4cccnc4)CC3)cc2)[C@H](C(=O)Nc2ccnc(C(N)=O)c2)O[C@@]1(C)C(F)(F)F. The molecule has 20 heteroatoms. The Labute approximate surface area is 387 Å². The van der Waals surface area contributed by atoms with Crippen LogP contribution in [0.4, 0.5) is 18.9 Å². The van der Waals surface area contributed by atoms with Crippen molar-refractivity contribution in [2.24, 2.45) is 17.6 Å². The summed E-state index contributed by atoms with van der Waals surface area (Å²) >= 11 is 0. The average molecular weight is 940 g/mol. The number of carbonyl (C=O) groups is 5. The lowest BCUT2D eigenvalue weighted by Gasteiger charge is -2.31. The second kappa shape index (κ2) is 23.5. The number of aromatic nitrogens is 2. The van der Waals surface area contributed by atoms with E-state index in [1.807, 2.05) is 6.07 Å². The second-order valence-corrected chi connectivity index (χ2v) is 17.2. The largest absolute Gasteiger partial charge is 0.417 e. The van der Waals surface area contributed by atoms with Gasteiger partial charge in [-0.2, -0.15) is 13.2 Å². The van der Waals surface area contributed by atoms with Gasteiger partial charge in [-0.1, -0.05) is 37.3 Å². The Balaban J connectivity index is 0.804. The van der Waals surface area contributed by atoms with Crippen LogP contribution >= 0.6 is 0 Å². The Hall–Kier alpha value is -5.54. The van der Waals surface area contributed by atoms with E-state index in [9.17, 15) is 37.1 Å². The molecule has 2 aliphatic heterocycles. The van der Waals surface area contributed by atoms with E-state index in [0.29, 0.717) is 50.7 Å². The van der Waals surface area contributed by atoms with Gasteiger partial charge in [0.1, 0.15) is 11.8 Å². The summed E-state index contributed by atoms with van der Waals surface area (Å²) in [6.45, 7) is 4.87. The monoisotopic (exact) mass is 939 g/mol. The molecular formula is C47H60F3N7O10. The molecule has 1 aromatic carbocycles. The summed E-state index contributed by atoms with van der Waals surface area (Å²) in [5, 5.41) is 8.28. The van der Waals surface area contributed by atoms with Crippen molar-refractivity contribution in [1.29, 1.82) is 0 Å². The number of pyridine rings is 2. The lowest BCUT2D eigenvalue weighted by atomic mass is 9.77. The number of hydrogen-bond donors (Lipinski definition) is 4. The van der Waals surface area contributed by atoms with Crippen LogP contribution in [0.1, 0.15) is 91.5 Å². The van der Waals surface area contributed by atoms with Crippen LogP contribution in [0.25, 0.3) is 0 Å². The summed E-state index contributed by atoms with van der Waals surface area (Å²) in [4.78, 5) is 72.4. The van der Waals surface area contributed by atoms with Crippen molar-refractivity contribution in [3.05, 3.63) is 89.5 Å². The number of anilines is 1. The van der Waals surface area contributed by atoms with E-state index >= 15 is 0 Å². The molecule has 3 fully saturated rings. The van der Waals surface area contributed by atoms with E-state index in [-0.39, 0.29) is 73.3 Å². The fraction of sp³-hybridized carbons (Fsp3) is 0.553. The maximum atomic E-state index is 14.3. The molecule has 2 saturated heterocycles. The van der Waals surface area contributed by atoms with Crippen molar-refractivity contribution >= 4 is 35.2 Å². The molecule has 6 rings (SSSR count). The van der Waals surface area contributed by atoms with Gasteiger partial charge in [-0.15, -0.1) is 0 Å². The molecule has 364 valence electrons. The molecule has 2 aromatic heterocycles. The van der Waals surface area contributed by atoms with E-state index < -0.39 is 47.4 Å². The number of nitrogens with zero attached hydrogens (tertiary/aromatic N) is 3. The van der Waals surface area contributed by atoms with Gasteiger partial charge < -0.3 is 50.3 Å². The number of rotatable bonds is 22. The minimum Gasteiger partial charge on any atom is -0.379 e. The van der Waals surface area contributed by atoms with E-state index in [0.717, 1.165) is 38.2 Å². The van der Waals surface area contributed by atoms with E-state index in [1.54, 1.807) is 54.7 Å². The average Bonchev–Trinajstić information content (AvgIpc) is 3.78. The molecule has 17 nitrogen and oxygen atoms in total. The number of carbonyl (C=O) groups excluding carboxylic acids is 5. The maximum Gasteiger partial charge on any atom is 0.417 e. The molecule has 0 unspecified atom stereocenters. The summed E-state index contributed by atoms with van der Waals surface area (Å²) < 4.78 is 71.6. The van der Waals surface area contributed by atoms with Gasteiger partial charge in [0, 0.05) is 69.1 Å². The highest BCUT2D eigenvalue weighted by atomic mass is 19.4. The standard InChI is InChI=1S/C47H60F3N7O10/c1-29-40(42(67-46(29,2)47(48,49)50)45(62)56-33-14-17-53-37(25-33)43(51)60)31-8-6-30(7-9-31)27-55-38(58)15-19-63-21-22-64-23-24-66-35-12-10-34(11-13-35)65-20-18-54-44(61)36-26-39(59)57(3)41(36)32-5-4-16-52-28-32/h4-9,14,16-17,25,28-29,34-36,40-42H,10-13,15,18-24,26-27H2,1-3H3,(H2,51,60)(H,54,61)(H,55,58)(H,53,56,62)/t29-,34?,35?,36-,40-,41+,42+,46+/m0/s1. The number of benzene rings is 1. The molecule has 3 aliphatic rings. The number of alkyl halides is 3. The molecule has 1 saturated carbocycles. The molecule has 6 atom stereocenters. The number of ether oxygens (including phenoxy) is 5. The third-order valence-electron chi connectivity index (χ3n) is 12.8. The Bertz CT molecular complexity index is 2150. The summed E-state index contributed by atoms with van der Waals surface area (Å²) in [5.41, 5.74) is 4.62. The predicted octanol–water partition coefficient (Wildman–Crippen LogP) is 4.37. The Kier molecular flexibility index (Phi) is 17.8. The van der Waals surface area contributed by atoms with Crippen LogP contribution in [-0.4, -0.2) is 128 Å². The molecule has 4 heterocycles. The number of nitrogens with one attached hydrogen (secondary N) is 3. The van der Waals surface area contributed by atoms with Gasteiger partial charge >= 0.3 is 6.18 Å². The third kappa shape index (κ3) is 13.3. The van der Waals surface area contributed by atoms with Crippen LogP contribution < -0.4 is 21.7 Å². The number of halogens is 3. The molecule has 5 amide bonds. The van der Waals surface area contributed by atoms with Gasteiger partial charge in [-0.3, -0.25) is 33.9 Å². The maximum absolute atomic E-state index is 14.3. The predicted molar refractivity (Wildman–Crippen MR) is 236 cm³/mol. The van der Waals surface area contributed by atoms with Crippen LogP contribution in [0.3, 0.4) is 0 Å². The van der Waals surface area contributed by atoms with Crippen molar-refractivity contribution in [3.63, 3.8) is 0 Å². The fourth-order valence-corrected chi connectivity index (χ4v) is 8.83. The molecule has 0 bridgehead atoms. The Morgan fingerprint density at radius 2 is 1.55 bits per heavy atom. The van der Waals surface area contributed by atoms with Crippen LogP contribution in [0.15, 0.2) is 67.1 Å². The molecular weight excluding hydrogens is 880 g/mol. The minimum atomic E-state index is -4.78. The van der Waals surface area contributed by atoms with Gasteiger partial charge in [0.2, 0.25) is 17.7 Å². The summed E-state index contributed by atoms with van der Waals surface area (Å²) in [6, 6.07) is 12.5. The zero-order chi connectivity index (χ0) is 48.1. The van der Waals surface area contributed by atoms with Crippen LogP contribution in [0.5, 0.6) is 0 Å². The van der Waals surface area contributed by atoms with Gasteiger partial charge in [-0.25, -0.2) is 0 Å². The lowest BCUT2D eigenvalue weighted by Crippen LogP contribution is -2.47. The molecule has 67 heavy (non-hydrogen) atoms. The first-order valence-electron chi connectivity index (χ1n) is 22.5. The van der Waals surface area contributed by atoms with Crippen LogP contribution in [0, 0.1) is 11.8 Å². The zero-order valence-electron chi connectivity index (χ0n) is 37.9. The number of likely N-dealkylation sites (tertiary alicyclic amines) is 1. The molecule has 3 aromatic rings. The zero-order valence-corrected chi connectivity index (χ0v) is 37.9. The Morgan fingerprint density at radius 3 is 2.21 bits per heavy atom. The van der Waals surface area contributed by atoms with Crippen molar-refractivity contribution in [2.75, 3.05) is 58.6 Å². The first-order valence-corrected chi connectivity index (χ1v) is 22.5. The molecule has 0 radical (unpaired) electrons. The van der Waals surface area contributed by atoms with Gasteiger partial charge in [-0.05, 0) is 67.5 Å². The lowest BCUT2D eigenvalue weighted by molar-refractivity contribution is -0.272. The smallest absolute Gasteiger partial charge is 0.379 e.